The van der Waals surface area contributed by atoms with Crippen LogP contribution >= 0.6 is 11.8 Å². The van der Waals surface area contributed by atoms with E-state index in [0.717, 1.165) is 4.87 Å². The number of thioether (sulfide) groups is 1. The van der Waals surface area contributed by atoms with Gasteiger partial charge in [-0.15, -0.1) is 11.8 Å². The fourth-order valence-electron chi connectivity index (χ4n) is 4.17. The summed E-state index contributed by atoms with van der Waals surface area (Å²) in [7, 11) is -2.15. The molecule has 1 aromatic rings. The molecule has 1 fully saturated rings. The van der Waals surface area contributed by atoms with E-state index in [9.17, 15) is 0 Å². The van der Waals surface area contributed by atoms with Gasteiger partial charge in [0.2, 0.25) is 0 Å². The molecule has 0 saturated carbocycles. The first kappa shape index (κ1) is 31.4. The van der Waals surface area contributed by atoms with Gasteiger partial charge < -0.3 is 24.8 Å². The van der Waals surface area contributed by atoms with E-state index < -0.39 is 16.1 Å². The third-order valence-electron chi connectivity index (χ3n) is 5.84. The van der Waals surface area contributed by atoms with Crippen LogP contribution in [-0.4, -0.2) is 21.0 Å². The Bertz CT molecular complexity index is 886. The van der Waals surface area contributed by atoms with Gasteiger partial charge in [-0.2, -0.15) is 0 Å². The molecule has 6 heteroatoms. The Kier molecular flexibility index (Phi) is 12.4. The van der Waals surface area contributed by atoms with Crippen molar-refractivity contribution in [3.05, 3.63) is 74.9 Å². The zero-order valence-electron chi connectivity index (χ0n) is 20.1. The molecule has 0 amide bonds. The van der Waals surface area contributed by atoms with Gasteiger partial charge in [-0.05, 0) is 41.9 Å². The van der Waals surface area contributed by atoms with Crippen LogP contribution in [0.2, 0.25) is 39.3 Å². The van der Waals surface area contributed by atoms with Crippen molar-refractivity contribution in [2.24, 2.45) is 5.92 Å². The van der Waals surface area contributed by atoms with Crippen LogP contribution in [0.3, 0.4) is 0 Å². The number of hydrogen-bond donors (Lipinski definition) is 0. The van der Waals surface area contributed by atoms with Crippen molar-refractivity contribution >= 4 is 34.0 Å². The number of hydrogen-bond acceptors (Lipinski definition) is 1. The summed E-state index contributed by atoms with van der Waals surface area (Å²) >= 11 is 2.13. The molecule has 3 aliphatic rings. The van der Waals surface area contributed by atoms with Crippen molar-refractivity contribution in [1.29, 1.82) is 0 Å². The summed E-state index contributed by atoms with van der Waals surface area (Å²) in [4.78, 5) is 2.38. The molecule has 31 heavy (non-hydrogen) atoms. The molecule has 0 aromatic heterocycles. The third-order valence-corrected chi connectivity index (χ3v) is 13.6. The average Bonchev–Trinajstić information content (AvgIpc) is 3.26. The summed E-state index contributed by atoms with van der Waals surface area (Å²) in [6.45, 7) is 19.3. The fourth-order valence-corrected chi connectivity index (χ4v) is 9.99. The van der Waals surface area contributed by atoms with Gasteiger partial charge in [-0.25, -0.2) is 0 Å². The van der Waals surface area contributed by atoms with Crippen molar-refractivity contribution in [2.75, 3.05) is 0 Å². The van der Waals surface area contributed by atoms with Crippen LogP contribution in [0, 0.1) is 5.92 Å². The Morgan fingerprint density at radius 3 is 2.10 bits per heavy atom. The topological polar surface area (TPSA) is 0 Å². The van der Waals surface area contributed by atoms with E-state index in [1.54, 1.807) is 15.7 Å². The van der Waals surface area contributed by atoms with Crippen LogP contribution in [0.4, 0.5) is 0 Å². The molecule has 0 radical (unpaired) electrons. The van der Waals surface area contributed by atoms with Gasteiger partial charge in [0.1, 0.15) is 0 Å². The van der Waals surface area contributed by atoms with Gasteiger partial charge >= 0.3 is 26.2 Å². The van der Waals surface area contributed by atoms with Gasteiger partial charge in [0.15, 0.2) is 0 Å². The van der Waals surface area contributed by atoms with E-state index in [1.807, 2.05) is 0 Å². The van der Waals surface area contributed by atoms with Crippen LogP contribution in [0.15, 0.2) is 63.7 Å². The van der Waals surface area contributed by atoms with E-state index in [4.69, 9.17) is 0 Å². The van der Waals surface area contributed by atoms with Crippen molar-refractivity contribution in [1.82, 2.24) is 0 Å². The minimum atomic E-state index is -1.09. The third kappa shape index (κ3) is 7.46. The van der Waals surface area contributed by atoms with Crippen molar-refractivity contribution in [3.63, 3.8) is 0 Å². The molecule has 4 rings (SSSR count). The van der Waals surface area contributed by atoms with Crippen LogP contribution in [-0.2, 0) is 32.6 Å². The van der Waals surface area contributed by atoms with E-state index in [2.05, 4.69) is 113 Å². The molecule has 2 atom stereocenters. The number of rotatable bonds is 2. The molecule has 2 aliphatic carbocycles. The summed E-state index contributed by atoms with van der Waals surface area (Å²) in [5.74, 6) is 0.636. The van der Waals surface area contributed by atoms with Crippen LogP contribution < -0.4 is 24.8 Å². The Morgan fingerprint density at radius 2 is 1.58 bits per heavy atom. The maximum atomic E-state index is 2.49. The second-order valence-electron chi connectivity index (χ2n) is 10.5. The molecule has 1 saturated heterocycles. The van der Waals surface area contributed by atoms with Gasteiger partial charge in [-0.1, -0.05) is 98.6 Å². The zero-order valence-corrected chi connectivity index (χ0v) is 26.9. The number of allylic oxidation sites excluding steroid dienone is 6. The second kappa shape index (κ2) is 12.2. The Hall–Kier alpha value is 0.427. The molecule has 1 aliphatic heterocycles. The summed E-state index contributed by atoms with van der Waals surface area (Å²) in [5, 5.41) is 1.69. The first-order chi connectivity index (χ1) is 13.0. The van der Waals surface area contributed by atoms with E-state index in [-0.39, 0.29) is 51.0 Å². The smallest absolute Gasteiger partial charge is 1.00 e. The predicted molar refractivity (Wildman–Crippen MR) is 135 cm³/mol. The molecule has 0 bridgehead atoms. The Morgan fingerprint density at radius 1 is 0.968 bits per heavy atom. The number of fused-ring (bicyclic) bond motifs is 2. The zero-order chi connectivity index (χ0) is 20.7. The van der Waals surface area contributed by atoms with Gasteiger partial charge in [0.05, 0.1) is 16.1 Å². The standard InChI is InChI=1S/C13H20SSi.C12H16Si.2ClH.Zr/c1-9(2)12-10-7-6-8-11(10)14-13(12)15(3,4)5;1-13(2,3)12-8-10-6-4-5-7-11(10)9-12;;;/h6-8,10,13H,1-5H3;4-8H,9H2,1-3H3;2*1H;/q;;;;+2/p-2. The monoisotopic (exact) mass is 584 g/mol. The van der Waals surface area contributed by atoms with Crippen LogP contribution in [0.1, 0.15) is 25.0 Å². The molecule has 0 N–H and O–H groups in total. The van der Waals surface area contributed by atoms with E-state index in [0.29, 0.717) is 5.92 Å². The molecule has 1 aromatic carbocycles. The van der Waals surface area contributed by atoms with E-state index in [1.165, 1.54) is 23.1 Å². The maximum Gasteiger partial charge on any atom is 2.00 e. The summed E-state index contributed by atoms with van der Waals surface area (Å²) in [6.07, 6.45) is 10.5. The molecule has 1 heterocycles. The quantitative estimate of drug-likeness (QED) is 0.377. The van der Waals surface area contributed by atoms with Gasteiger partial charge in [0, 0.05) is 10.8 Å². The van der Waals surface area contributed by atoms with Crippen molar-refractivity contribution < 1.29 is 51.0 Å². The van der Waals surface area contributed by atoms with Crippen LogP contribution in [0.25, 0.3) is 6.08 Å². The molecule has 168 valence electrons. The average molecular weight is 587 g/mol. The Balaban J connectivity index is 0.000000533. The van der Waals surface area contributed by atoms with Crippen molar-refractivity contribution in [2.45, 2.75) is 64.4 Å². The summed E-state index contributed by atoms with van der Waals surface area (Å²) in [5.41, 5.74) is 6.20. The first-order valence-corrected chi connectivity index (χ1v) is 18.5. The minimum absolute atomic E-state index is 0. The normalized spacial score (nSPS) is 20.7. The minimum Gasteiger partial charge on any atom is -1.00 e. The SMILES string of the molecule is CC(C)=C1C2C=CC=C2SC1[Si](C)(C)C.C[Si](C)(C)C1=Cc2ccccc2C1.[Cl-].[Cl-].[Zr+2]. The van der Waals surface area contributed by atoms with Gasteiger partial charge in [-0.3, -0.25) is 0 Å². The van der Waals surface area contributed by atoms with E-state index >= 15 is 0 Å². The number of benzene rings is 1. The Labute approximate surface area is 228 Å². The van der Waals surface area contributed by atoms with Crippen molar-refractivity contribution in [3.8, 4) is 0 Å². The number of halogens is 2. The predicted octanol–water partition coefficient (Wildman–Crippen LogP) is 1.89. The summed E-state index contributed by atoms with van der Waals surface area (Å²) in [6, 6.07) is 8.74. The van der Waals surface area contributed by atoms with Crippen LogP contribution in [0.5, 0.6) is 0 Å². The van der Waals surface area contributed by atoms with Gasteiger partial charge in [0.25, 0.3) is 0 Å². The first-order valence-electron chi connectivity index (χ1n) is 10.5. The summed E-state index contributed by atoms with van der Waals surface area (Å²) < 4.78 is 0. The molecular formula is C25H36Cl2SSi2Zr. The molecule has 0 spiro atoms. The largest absolute Gasteiger partial charge is 2.00 e. The molecule has 2 unspecified atom stereocenters. The molecule has 0 nitrogen and oxygen atoms in total. The molecular weight excluding hydrogens is 551 g/mol. The second-order valence-corrected chi connectivity index (χ2v) is 22.6. The fraction of sp³-hybridized carbons (Fsp3) is 0.440. The maximum absolute atomic E-state index is 2.49.